The molecule has 0 atom stereocenters. The summed E-state index contributed by atoms with van der Waals surface area (Å²) in [6.07, 6.45) is 1.88. The van der Waals surface area contributed by atoms with Crippen LogP contribution in [0.25, 0.3) is 95.2 Å². The summed E-state index contributed by atoms with van der Waals surface area (Å²) in [4.78, 5) is 20.7. The Hall–Kier alpha value is -7.50. The van der Waals surface area contributed by atoms with Crippen LogP contribution in [-0.2, 0) is 5.41 Å². The summed E-state index contributed by atoms with van der Waals surface area (Å²) in [6.45, 7) is 4.65. The van der Waals surface area contributed by atoms with Crippen molar-refractivity contribution < 1.29 is 0 Å². The molecule has 5 heteroatoms. The van der Waals surface area contributed by atoms with Crippen molar-refractivity contribution in [2.24, 2.45) is 0 Å². The first-order valence-electron chi connectivity index (χ1n) is 19.7. The van der Waals surface area contributed by atoms with Crippen molar-refractivity contribution in [1.29, 1.82) is 0 Å². The van der Waals surface area contributed by atoms with Crippen LogP contribution >= 0.6 is 0 Å². The standard InChI is InChI=1S/C53H37N5/c1-53(2)45-26-13-24-44(48(45)43-29-28-40(33-46(43)53)58-47-27-10-9-23-41(47)42-25-14-30-54-52(42)58)51-56-49(38-21-11-19-36(31-38)34-15-5-3-6-16-34)55-50(57-51)39-22-12-20-37(32-39)35-17-7-4-8-18-35/h3-33H,1-2H3. The minimum Gasteiger partial charge on any atom is -0.294 e. The molecule has 3 aromatic heterocycles. The van der Waals surface area contributed by atoms with E-state index in [1.807, 2.05) is 24.4 Å². The molecule has 10 aromatic rings. The Labute approximate surface area is 337 Å². The van der Waals surface area contributed by atoms with Crippen molar-refractivity contribution in [3.63, 3.8) is 0 Å². The van der Waals surface area contributed by atoms with Crippen LogP contribution in [0.15, 0.2) is 188 Å². The summed E-state index contributed by atoms with van der Waals surface area (Å²) < 4.78 is 2.29. The van der Waals surface area contributed by atoms with Crippen LogP contribution < -0.4 is 0 Å². The molecular weight excluding hydrogens is 707 g/mol. The second-order valence-corrected chi connectivity index (χ2v) is 15.5. The fraction of sp³-hybridized carbons (Fsp3) is 0.0566. The van der Waals surface area contributed by atoms with Crippen molar-refractivity contribution in [1.82, 2.24) is 24.5 Å². The zero-order valence-corrected chi connectivity index (χ0v) is 32.1. The number of hydrogen-bond acceptors (Lipinski definition) is 4. The van der Waals surface area contributed by atoms with Gasteiger partial charge in [0.05, 0.1) is 5.52 Å². The van der Waals surface area contributed by atoms with Crippen LogP contribution in [0.4, 0.5) is 0 Å². The van der Waals surface area contributed by atoms with E-state index in [1.165, 1.54) is 22.1 Å². The molecule has 0 N–H and O–H groups in total. The largest absolute Gasteiger partial charge is 0.294 e. The number of aromatic nitrogens is 5. The fourth-order valence-electron chi connectivity index (χ4n) is 8.85. The molecule has 7 aromatic carbocycles. The Morgan fingerprint density at radius 2 is 0.983 bits per heavy atom. The van der Waals surface area contributed by atoms with Crippen LogP contribution in [0.5, 0.6) is 0 Å². The second-order valence-electron chi connectivity index (χ2n) is 15.5. The fourth-order valence-corrected chi connectivity index (χ4v) is 8.85. The van der Waals surface area contributed by atoms with E-state index < -0.39 is 0 Å². The van der Waals surface area contributed by atoms with Crippen LogP contribution in [-0.4, -0.2) is 24.5 Å². The van der Waals surface area contributed by atoms with E-state index in [1.54, 1.807) is 0 Å². The molecule has 0 saturated heterocycles. The third kappa shape index (κ3) is 5.47. The predicted octanol–water partition coefficient (Wildman–Crippen LogP) is 13.0. The Morgan fingerprint density at radius 1 is 0.414 bits per heavy atom. The molecule has 0 saturated carbocycles. The topological polar surface area (TPSA) is 56.5 Å². The summed E-state index contributed by atoms with van der Waals surface area (Å²) >= 11 is 0. The highest BCUT2D eigenvalue weighted by atomic mass is 15.0. The Kier molecular flexibility index (Phi) is 7.76. The second kappa shape index (κ2) is 13.3. The maximum absolute atomic E-state index is 5.30. The molecule has 0 radical (unpaired) electrons. The van der Waals surface area contributed by atoms with E-state index in [0.29, 0.717) is 17.5 Å². The van der Waals surface area contributed by atoms with Gasteiger partial charge in [0.1, 0.15) is 5.65 Å². The average molecular weight is 744 g/mol. The molecule has 1 aliphatic rings. The molecule has 3 heterocycles. The van der Waals surface area contributed by atoms with Gasteiger partial charge in [-0.3, -0.25) is 4.57 Å². The Balaban J connectivity index is 1.10. The van der Waals surface area contributed by atoms with Crippen molar-refractivity contribution in [3.05, 3.63) is 199 Å². The zero-order chi connectivity index (χ0) is 38.8. The quantitative estimate of drug-likeness (QED) is 0.170. The zero-order valence-electron chi connectivity index (χ0n) is 32.1. The SMILES string of the molecule is CC1(C)c2cc(-n3c4ccccc4c4cccnc43)ccc2-c2c(-c3nc(-c4cccc(-c5ccccc5)c4)nc(-c4cccc(-c5ccccc5)c4)n3)cccc21. The van der Waals surface area contributed by atoms with Gasteiger partial charge >= 0.3 is 0 Å². The van der Waals surface area contributed by atoms with E-state index in [2.05, 4.69) is 182 Å². The van der Waals surface area contributed by atoms with Gasteiger partial charge in [0, 0.05) is 44.8 Å². The Morgan fingerprint density at radius 3 is 1.67 bits per heavy atom. The van der Waals surface area contributed by atoms with Crippen molar-refractivity contribution >= 4 is 21.9 Å². The lowest BCUT2D eigenvalue weighted by molar-refractivity contribution is 0.660. The van der Waals surface area contributed by atoms with Gasteiger partial charge in [0.25, 0.3) is 0 Å². The molecule has 11 rings (SSSR count). The minimum absolute atomic E-state index is 0.282. The number of para-hydroxylation sites is 1. The number of pyridine rings is 1. The normalized spacial score (nSPS) is 12.8. The van der Waals surface area contributed by atoms with Gasteiger partial charge in [-0.2, -0.15) is 0 Å². The van der Waals surface area contributed by atoms with Crippen molar-refractivity contribution in [2.45, 2.75) is 19.3 Å². The molecular formula is C53H37N5. The molecule has 274 valence electrons. The van der Waals surface area contributed by atoms with Gasteiger partial charge in [0.2, 0.25) is 0 Å². The van der Waals surface area contributed by atoms with E-state index in [9.17, 15) is 0 Å². The van der Waals surface area contributed by atoms with Crippen LogP contribution in [0.2, 0.25) is 0 Å². The summed E-state index contributed by atoms with van der Waals surface area (Å²) in [6, 6.07) is 64.1. The Bertz CT molecular complexity index is 3040. The number of rotatable bonds is 6. The van der Waals surface area contributed by atoms with Crippen molar-refractivity contribution in [2.75, 3.05) is 0 Å². The molecule has 0 aliphatic heterocycles. The van der Waals surface area contributed by atoms with Crippen LogP contribution in [0.3, 0.4) is 0 Å². The van der Waals surface area contributed by atoms with E-state index in [4.69, 9.17) is 19.9 Å². The van der Waals surface area contributed by atoms with Crippen LogP contribution in [0.1, 0.15) is 25.0 Å². The highest BCUT2D eigenvalue weighted by molar-refractivity contribution is 6.08. The van der Waals surface area contributed by atoms with Gasteiger partial charge in [-0.25, -0.2) is 19.9 Å². The maximum Gasteiger partial charge on any atom is 0.164 e. The summed E-state index contributed by atoms with van der Waals surface area (Å²) in [5, 5.41) is 2.34. The molecule has 0 fully saturated rings. The first kappa shape index (κ1) is 33.8. The lowest BCUT2D eigenvalue weighted by atomic mass is 9.82. The summed E-state index contributed by atoms with van der Waals surface area (Å²) in [5.74, 6) is 1.91. The summed E-state index contributed by atoms with van der Waals surface area (Å²) in [7, 11) is 0. The number of hydrogen-bond donors (Lipinski definition) is 0. The van der Waals surface area contributed by atoms with Gasteiger partial charge < -0.3 is 0 Å². The number of fused-ring (bicyclic) bond motifs is 6. The van der Waals surface area contributed by atoms with Gasteiger partial charge in [-0.1, -0.05) is 153 Å². The number of benzene rings is 7. The van der Waals surface area contributed by atoms with Crippen LogP contribution in [0, 0.1) is 0 Å². The lowest BCUT2D eigenvalue weighted by Gasteiger charge is -2.22. The molecule has 1 aliphatic carbocycles. The van der Waals surface area contributed by atoms with E-state index in [0.717, 1.165) is 66.7 Å². The molecule has 0 spiro atoms. The van der Waals surface area contributed by atoms with Gasteiger partial charge in [-0.05, 0) is 87.0 Å². The van der Waals surface area contributed by atoms with Crippen molar-refractivity contribution in [3.8, 4) is 73.2 Å². The minimum atomic E-state index is -0.282. The van der Waals surface area contributed by atoms with E-state index in [-0.39, 0.29) is 5.41 Å². The lowest BCUT2D eigenvalue weighted by Crippen LogP contribution is -2.15. The molecule has 0 amide bonds. The number of nitrogens with zero attached hydrogens (tertiary/aromatic N) is 5. The molecule has 0 unspecified atom stereocenters. The maximum atomic E-state index is 5.30. The van der Waals surface area contributed by atoms with E-state index >= 15 is 0 Å². The van der Waals surface area contributed by atoms with Gasteiger partial charge in [-0.15, -0.1) is 0 Å². The smallest absolute Gasteiger partial charge is 0.164 e. The predicted molar refractivity (Wildman–Crippen MR) is 237 cm³/mol. The molecule has 5 nitrogen and oxygen atoms in total. The molecule has 0 bridgehead atoms. The highest BCUT2D eigenvalue weighted by Crippen LogP contribution is 2.52. The first-order chi connectivity index (χ1) is 28.5. The van der Waals surface area contributed by atoms with Gasteiger partial charge in [0.15, 0.2) is 17.5 Å². The summed E-state index contributed by atoms with van der Waals surface area (Å²) in [5.41, 5.74) is 15.1. The third-order valence-electron chi connectivity index (χ3n) is 11.7. The highest BCUT2D eigenvalue weighted by Gasteiger charge is 2.38. The average Bonchev–Trinajstić information content (AvgIpc) is 3.75. The third-order valence-corrected chi connectivity index (χ3v) is 11.7. The first-order valence-corrected chi connectivity index (χ1v) is 19.7. The molecule has 58 heavy (non-hydrogen) atoms. The monoisotopic (exact) mass is 743 g/mol.